The Hall–Kier alpha value is -3.32. The van der Waals surface area contributed by atoms with Crippen molar-refractivity contribution in [2.75, 3.05) is 5.73 Å². The smallest absolute Gasteiger partial charge is 0.290 e. The van der Waals surface area contributed by atoms with Crippen molar-refractivity contribution in [2.45, 2.75) is 13.5 Å². The maximum atomic E-state index is 12.6. The van der Waals surface area contributed by atoms with Gasteiger partial charge in [-0.05, 0) is 19.1 Å². The molecule has 4 rings (SSSR count). The highest BCUT2D eigenvalue weighted by Gasteiger charge is 2.20. The van der Waals surface area contributed by atoms with Crippen LogP contribution in [0.3, 0.4) is 0 Å². The second kappa shape index (κ2) is 7.13. The van der Waals surface area contributed by atoms with Crippen molar-refractivity contribution < 1.29 is 0 Å². The van der Waals surface area contributed by atoms with Crippen molar-refractivity contribution in [3.8, 4) is 33.2 Å². The Balaban J connectivity index is 1.94. The van der Waals surface area contributed by atoms with Crippen LogP contribution in [0.15, 0.2) is 64.9 Å². The van der Waals surface area contributed by atoms with E-state index in [0.29, 0.717) is 23.5 Å². The Bertz CT molecular complexity index is 1140. The first-order valence-corrected chi connectivity index (χ1v) is 9.40. The Morgan fingerprint density at radius 2 is 1.85 bits per heavy atom. The topological polar surface area (TPSA) is 86.7 Å². The molecule has 3 heterocycles. The molecule has 3 aromatic heterocycles. The SMILES string of the molecule is CCn1nc(-c2ccccc2)c(-c2csc(-c3ccccn3)n2)c(N)c1=O. The lowest BCUT2D eigenvalue weighted by molar-refractivity contribution is 0.622. The Kier molecular flexibility index (Phi) is 4.52. The molecular weight excluding hydrogens is 358 g/mol. The van der Waals surface area contributed by atoms with Gasteiger partial charge >= 0.3 is 0 Å². The van der Waals surface area contributed by atoms with Crippen LogP contribution in [0.2, 0.25) is 0 Å². The molecular formula is C20H17N5OS. The lowest BCUT2D eigenvalue weighted by atomic mass is 10.0. The number of aryl methyl sites for hydroxylation is 1. The third kappa shape index (κ3) is 3.13. The second-order valence-corrected chi connectivity index (χ2v) is 6.74. The molecule has 0 fully saturated rings. The van der Waals surface area contributed by atoms with Gasteiger partial charge in [0.2, 0.25) is 0 Å². The van der Waals surface area contributed by atoms with Gasteiger partial charge in [-0.1, -0.05) is 36.4 Å². The summed E-state index contributed by atoms with van der Waals surface area (Å²) in [6.45, 7) is 2.31. The summed E-state index contributed by atoms with van der Waals surface area (Å²) < 4.78 is 1.38. The van der Waals surface area contributed by atoms with Crippen molar-refractivity contribution in [1.82, 2.24) is 19.7 Å². The molecule has 0 atom stereocenters. The predicted molar refractivity (Wildman–Crippen MR) is 108 cm³/mol. The van der Waals surface area contributed by atoms with Gasteiger partial charge in [-0.15, -0.1) is 11.3 Å². The van der Waals surface area contributed by atoms with Crippen molar-refractivity contribution in [2.24, 2.45) is 0 Å². The summed E-state index contributed by atoms with van der Waals surface area (Å²) in [5.41, 5.74) is 9.61. The lowest BCUT2D eigenvalue weighted by Gasteiger charge is -2.12. The number of pyridine rings is 1. The summed E-state index contributed by atoms with van der Waals surface area (Å²) in [6, 6.07) is 15.4. The van der Waals surface area contributed by atoms with Gasteiger partial charge in [0.15, 0.2) is 0 Å². The van der Waals surface area contributed by atoms with Crippen LogP contribution in [0.4, 0.5) is 5.69 Å². The molecule has 0 saturated heterocycles. The molecule has 0 saturated carbocycles. The van der Waals surface area contributed by atoms with Crippen molar-refractivity contribution in [3.63, 3.8) is 0 Å². The van der Waals surface area contributed by atoms with Gasteiger partial charge in [-0.3, -0.25) is 9.78 Å². The summed E-state index contributed by atoms with van der Waals surface area (Å²) in [5.74, 6) is 0. The maximum absolute atomic E-state index is 12.6. The highest BCUT2D eigenvalue weighted by atomic mass is 32.1. The summed E-state index contributed by atoms with van der Waals surface area (Å²) in [7, 11) is 0. The van der Waals surface area contributed by atoms with Crippen molar-refractivity contribution in [3.05, 3.63) is 70.5 Å². The fraction of sp³-hybridized carbons (Fsp3) is 0.100. The van der Waals surface area contributed by atoms with E-state index >= 15 is 0 Å². The van der Waals surface area contributed by atoms with Crippen LogP contribution < -0.4 is 11.3 Å². The van der Waals surface area contributed by atoms with Crippen LogP contribution in [-0.4, -0.2) is 19.7 Å². The van der Waals surface area contributed by atoms with Crippen LogP contribution in [0.1, 0.15) is 6.92 Å². The van der Waals surface area contributed by atoms with Gasteiger partial charge in [0.1, 0.15) is 16.4 Å². The van der Waals surface area contributed by atoms with Crippen LogP contribution in [0.5, 0.6) is 0 Å². The highest BCUT2D eigenvalue weighted by molar-refractivity contribution is 7.13. The van der Waals surface area contributed by atoms with E-state index in [0.717, 1.165) is 16.3 Å². The quantitative estimate of drug-likeness (QED) is 0.588. The van der Waals surface area contributed by atoms with E-state index in [2.05, 4.69) is 15.1 Å². The van der Waals surface area contributed by atoms with E-state index in [1.165, 1.54) is 16.0 Å². The standard InChI is InChI=1S/C20H17N5OS/c1-2-25-20(26)17(21)16(18(24-25)13-8-4-3-5-9-13)15-12-27-19(23-15)14-10-6-7-11-22-14/h3-12H,2,21H2,1H3. The third-order valence-electron chi connectivity index (χ3n) is 4.18. The minimum atomic E-state index is -0.306. The summed E-state index contributed by atoms with van der Waals surface area (Å²) in [5, 5.41) is 7.21. The van der Waals surface area contributed by atoms with E-state index in [1.54, 1.807) is 6.20 Å². The van der Waals surface area contributed by atoms with E-state index in [1.807, 2.05) is 60.8 Å². The molecule has 7 heteroatoms. The fourth-order valence-corrected chi connectivity index (χ4v) is 3.64. The Morgan fingerprint density at radius 3 is 2.56 bits per heavy atom. The average Bonchev–Trinajstić information content (AvgIpc) is 3.21. The number of hydrogen-bond donors (Lipinski definition) is 1. The van der Waals surface area contributed by atoms with E-state index in [4.69, 9.17) is 5.73 Å². The van der Waals surface area contributed by atoms with Crippen LogP contribution in [0, 0.1) is 0 Å². The van der Waals surface area contributed by atoms with E-state index in [9.17, 15) is 4.79 Å². The van der Waals surface area contributed by atoms with Crippen molar-refractivity contribution in [1.29, 1.82) is 0 Å². The summed E-state index contributed by atoms with van der Waals surface area (Å²) >= 11 is 1.46. The average molecular weight is 375 g/mol. The fourth-order valence-electron chi connectivity index (χ4n) is 2.86. The number of aromatic nitrogens is 4. The molecule has 134 valence electrons. The molecule has 0 bridgehead atoms. The molecule has 0 unspecified atom stereocenters. The zero-order valence-electron chi connectivity index (χ0n) is 14.7. The number of rotatable bonds is 4. The number of thiazole rings is 1. The highest BCUT2D eigenvalue weighted by Crippen LogP contribution is 2.35. The Morgan fingerprint density at radius 1 is 1.07 bits per heavy atom. The molecule has 6 nitrogen and oxygen atoms in total. The molecule has 0 aliphatic rings. The van der Waals surface area contributed by atoms with Crippen LogP contribution in [-0.2, 0) is 6.54 Å². The normalized spacial score (nSPS) is 10.9. The zero-order valence-corrected chi connectivity index (χ0v) is 15.5. The first kappa shape index (κ1) is 17.1. The molecule has 0 spiro atoms. The van der Waals surface area contributed by atoms with Crippen LogP contribution in [0.25, 0.3) is 33.2 Å². The number of hydrogen-bond acceptors (Lipinski definition) is 6. The molecule has 0 amide bonds. The van der Waals surface area contributed by atoms with Gasteiger partial charge in [-0.25, -0.2) is 9.67 Å². The largest absolute Gasteiger partial charge is 0.394 e. The third-order valence-corrected chi connectivity index (χ3v) is 5.05. The molecule has 4 aromatic rings. The molecule has 2 N–H and O–H groups in total. The first-order chi connectivity index (χ1) is 13.2. The van der Waals surface area contributed by atoms with E-state index < -0.39 is 0 Å². The van der Waals surface area contributed by atoms with Crippen LogP contribution >= 0.6 is 11.3 Å². The second-order valence-electron chi connectivity index (χ2n) is 5.88. The minimum absolute atomic E-state index is 0.156. The zero-order chi connectivity index (χ0) is 18.8. The number of nitrogens with two attached hydrogens (primary N) is 1. The maximum Gasteiger partial charge on any atom is 0.290 e. The predicted octanol–water partition coefficient (Wildman–Crippen LogP) is 3.70. The first-order valence-electron chi connectivity index (χ1n) is 8.52. The van der Waals surface area contributed by atoms with Gasteiger partial charge in [0, 0.05) is 23.7 Å². The Labute approximate surface area is 160 Å². The molecule has 1 aromatic carbocycles. The van der Waals surface area contributed by atoms with Gasteiger partial charge < -0.3 is 5.73 Å². The summed E-state index contributed by atoms with van der Waals surface area (Å²) in [6.07, 6.45) is 1.73. The van der Waals surface area contributed by atoms with Gasteiger partial charge in [-0.2, -0.15) is 5.10 Å². The summed E-state index contributed by atoms with van der Waals surface area (Å²) in [4.78, 5) is 21.6. The number of nitrogens with zero attached hydrogens (tertiary/aromatic N) is 4. The molecule has 0 aliphatic heterocycles. The molecule has 0 radical (unpaired) electrons. The van der Waals surface area contributed by atoms with Gasteiger partial charge in [0.05, 0.1) is 17.0 Å². The molecule has 27 heavy (non-hydrogen) atoms. The number of nitrogen functional groups attached to an aromatic ring is 1. The minimum Gasteiger partial charge on any atom is -0.394 e. The van der Waals surface area contributed by atoms with Gasteiger partial charge in [0.25, 0.3) is 5.56 Å². The van der Waals surface area contributed by atoms with Crippen molar-refractivity contribution >= 4 is 17.0 Å². The number of benzene rings is 1. The number of anilines is 1. The lowest BCUT2D eigenvalue weighted by Crippen LogP contribution is -2.26. The monoisotopic (exact) mass is 375 g/mol. The molecule has 0 aliphatic carbocycles. The van der Waals surface area contributed by atoms with E-state index in [-0.39, 0.29) is 11.2 Å².